The first-order chi connectivity index (χ1) is 4.48. The van der Waals surface area contributed by atoms with E-state index < -0.39 is 0 Å². The topological polar surface area (TPSA) is 0 Å². The average molecular weight is 140 g/mol. The van der Waals surface area contributed by atoms with Crippen molar-refractivity contribution in [1.29, 1.82) is 0 Å². The van der Waals surface area contributed by atoms with E-state index in [1.54, 1.807) is 0 Å². The summed E-state index contributed by atoms with van der Waals surface area (Å²) >= 11 is 0. The zero-order chi connectivity index (χ0) is 8.20. The maximum absolute atomic E-state index is 2.31. The second-order valence-electron chi connectivity index (χ2n) is 3.99. The standard InChI is InChI=1S/C10H20/c1-6-7-8-9(2)10(3,4)5/h7-9H,6H2,1-5H3/b8-7+/t9-/m0/s1. The zero-order valence-corrected chi connectivity index (χ0v) is 7.94. The highest BCUT2D eigenvalue weighted by Crippen LogP contribution is 2.26. The van der Waals surface area contributed by atoms with Crippen LogP contribution in [0.15, 0.2) is 12.2 Å². The Morgan fingerprint density at radius 2 is 1.80 bits per heavy atom. The zero-order valence-electron chi connectivity index (χ0n) is 7.94. The van der Waals surface area contributed by atoms with E-state index in [4.69, 9.17) is 0 Å². The molecular formula is C10H20. The molecule has 0 heterocycles. The Balaban J connectivity index is 3.84. The van der Waals surface area contributed by atoms with Gasteiger partial charge in [0.15, 0.2) is 0 Å². The van der Waals surface area contributed by atoms with Crippen molar-refractivity contribution in [3.05, 3.63) is 12.2 Å². The molecule has 60 valence electrons. The lowest BCUT2D eigenvalue weighted by molar-refractivity contribution is 0.314. The lowest BCUT2D eigenvalue weighted by Crippen LogP contribution is -2.14. The van der Waals surface area contributed by atoms with Gasteiger partial charge in [0.2, 0.25) is 0 Å². The molecule has 0 nitrogen and oxygen atoms in total. The van der Waals surface area contributed by atoms with Gasteiger partial charge in [-0.3, -0.25) is 0 Å². The van der Waals surface area contributed by atoms with Gasteiger partial charge in [-0.05, 0) is 17.8 Å². The van der Waals surface area contributed by atoms with Crippen LogP contribution < -0.4 is 0 Å². The molecule has 0 aliphatic rings. The van der Waals surface area contributed by atoms with Gasteiger partial charge < -0.3 is 0 Å². The Hall–Kier alpha value is -0.260. The van der Waals surface area contributed by atoms with E-state index >= 15 is 0 Å². The molecule has 0 amide bonds. The van der Waals surface area contributed by atoms with Crippen LogP contribution in [0.25, 0.3) is 0 Å². The fourth-order valence-electron chi connectivity index (χ4n) is 0.629. The van der Waals surface area contributed by atoms with Crippen LogP contribution in [-0.2, 0) is 0 Å². The van der Waals surface area contributed by atoms with E-state index in [0.29, 0.717) is 11.3 Å². The first kappa shape index (κ1) is 9.74. The number of hydrogen-bond donors (Lipinski definition) is 0. The van der Waals surface area contributed by atoms with Crippen molar-refractivity contribution in [1.82, 2.24) is 0 Å². The minimum Gasteiger partial charge on any atom is -0.0885 e. The summed E-state index contributed by atoms with van der Waals surface area (Å²) in [5, 5.41) is 0. The van der Waals surface area contributed by atoms with E-state index in [2.05, 4.69) is 46.8 Å². The Morgan fingerprint density at radius 3 is 2.10 bits per heavy atom. The van der Waals surface area contributed by atoms with Crippen LogP contribution >= 0.6 is 0 Å². The Labute approximate surface area is 65.3 Å². The van der Waals surface area contributed by atoms with E-state index in [0.717, 1.165) is 6.42 Å². The monoisotopic (exact) mass is 140 g/mol. The molecule has 0 radical (unpaired) electrons. The summed E-state index contributed by atoms with van der Waals surface area (Å²) in [7, 11) is 0. The summed E-state index contributed by atoms with van der Waals surface area (Å²) in [6.45, 7) is 11.3. The molecule has 10 heavy (non-hydrogen) atoms. The molecule has 0 saturated heterocycles. The third kappa shape index (κ3) is 3.71. The second kappa shape index (κ2) is 3.80. The van der Waals surface area contributed by atoms with Crippen LogP contribution in [0.3, 0.4) is 0 Å². The predicted octanol–water partition coefficient (Wildman–Crippen LogP) is 3.63. The van der Waals surface area contributed by atoms with Crippen molar-refractivity contribution in [3.63, 3.8) is 0 Å². The first-order valence-corrected chi connectivity index (χ1v) is 4.15. The fourth-order valence-corrected chi connectivity index (χ4v) is 0.629. The molecule has 0 aliphatic carbocycles. The fraction of sp³-hybridized carbons (Fsp3) is 0.800. The molecule has 0 heteroatoms. The van der Waals surface area contributed by atoms with E-state index in [1.807, 2.05) is 0 Å². The van der Waals surface area contributed by atoms with Gasteiger partial charge in [-0.15, -0.1) is 0 Å². The van der Waals surface area contributed by atoms with Gasteiger partial charge in [-0.1, -0.05) is 46.8 Å². The van der Waals surface area contributed by atoms with Gasteiger partial charge >= 0.3 is 0 Å². The molecule has 0 bridgehead atoms. The lowest BCUT2D eigenvalue weighted by atomic mass is 9.82. The second-order valence-corrected chi connectivity index (χ2v) is 3.99. The normalized spacial score (nSPS) is 16.1. The van der Waals surface area contributed by atoms with E-state index in [9.17, 15) is 0 Å². The Bertz CT molecular complexity index is 104. The SMILES string of the molecule is CC/C=C/[C@H](C)C(C)(C)C. The van der Waals surface area contributed by atoms with Gasteiger partial charge in [-0.25, -0.2) is 0 Å². The molecule has 0 fully saturated rings. The predicted molar refractivity (Wildman–Crippen MR) is 48.1 cm³/mol. The molecule has 0 aromatic rings. The van der Waals surface area contributed by atoms with Crippen molar-refractivity contribution < 1.29 is 0 Å². The quantitative estimate of drug-likeness (QED) is 0.514. The Kier molecular flexibility index (Phi) is 3.70. The van der Waals surface area contributed by atoms with Crippen molar-refractivity contribution >= 4 is 0 Å². The molecule has 0 saturated carbocycles. The van der Waals surface area contributed by atoms with Crippen LogP contribution in [-0.4, -0.2) is 0 Å². The highest BCUT2D eigenvalue weighted by Gasteiger charge is 2.16. The van der Waals surface area contributed by atoms with Gasteiger partial charge in [0, 0.05) is 0 Å². The molecule has 0 spiro atoms. The number of rotatable bonds is 2. The summed E-state index contributed by atoms with van der Waals surface area (Å²) in [5.74, 6) is 0.687. The Morgan fingerprint density at radius 1 is 1.30 bits per heavy atom. The van der Waals surface area contributed by atoms with Crippen LogP contribution in [0.5, 0.6) is 0 Å². The molecule has 0 aromatic carbocycles. The van der Waals surface area contributed by atoms with Crippen LogP contribution in [0.4, 0.5) is 0 Å². The van der Waals surface area contributed by atoms with Crippen LogP contribution in [0, 0.1) is 11.3 Å². The maximum atomic E-state index is 2.31. The van der Waals surface area contributed by atoms with Crippen molar-refractivity contribution in [2.45, 2.75) is 41.0 Å². The van der Waals surface area contributed by atoms with Crippen molar-refractivity contribution in [3.8, 4) is 0 Å². The molecule has 0 aromatic heterocycles. The molecule has 0 N–H and O–H groups in total. The van der Waals surface area contributed by atoms with Gasteiger partial charge in [0.05, 0.1) is 0 Å². The van der Waals surface area contributed by atoms with Crippen LogP contribution in [0.1, 0.15) is 41.0 Å². The molecule has 1 atom stereocenters. The van der Waals surface area contributed by atoms with Crippen molar-refractivity contribution in [2.75, 3.05) is 0 Å². The van der Waals surface area contributed by atoms with E-state index in [-0.39, 0.29) is 0 Å². The summed E-state index contributed by atoms with van der Waals surface area (Å²) in [5.41, 5.74) is 0.422. The van der Waals surface area contributed by atoms with E-state index in [1.165, 1.54) is 0 Å². The maximum Gasteiger partial charge on any atom is -0.0213 e. The summed E-state index contributed by atoms with van der Waals surface area (Å²) < 4.78 is 0. The summed E-state index contributed by atoms with van der Waals surface area (Å²) in [6, 6.07) is 0. The number of hydrogen-bond acceptors (Lipinski definition) is 0. The largest absolute Gasteiger partial charge is 0.0885 e. The highest BCUT2D eigenvalue weighted by atomic mass is 14.2. The van der Waals surface area contributed by atoms with Gasteiger partial charge in [0.1, 0.15) is 0 Å². The van der Waals surface area contributed by atoms with Gasteiger partial charge in [-0.2, -0.15) is 0 Å². The third-order valence-corrected chi connectivity index (χ3v) is 2.03. The first-order valence-electron chi connectivity index (χ1n) is 4.15. The highest BCUT2D eigenvalue weighted by molar-refractivity contribution is 4.90. The van der Waals surface area contributed by atoms with Crippen molar-refractivity contribution in [2.24, 2.45) is 11.3 Å². The third-order valence-electron chi connectivity index (χ3n) is 2.03. The molecule has 0 rings (SSSR count). The minimum absolute atomic E-state index is 0.422. The summed E-state index contributed by atoms with van der Waals surface area (Å²) in [4.78, 5) is 0. The van der Waals surface area contributed by atoms with Gasteiger partial charge in [0.25, 0.3) is 0 Å². The number of allylic oxidation sites excluding steroid dienone is 2. The minimum atomic E-state index is 0.422. The molecular weight excluding hydrogens is 120 g/mol. The molecule has 0 aliphatic heterocycles. The summed E-state index contributed by atoms with van der Waals surface area (Å²) in [6.07, 6.45) is 5.70. The van der Waals surface area contributed by atoms with Crippen LogP contribution in [0.2, 0.25) is 0 Å². The smallest absolute Gasteiger partial charge is 0.0213 e. The average Bonchev–Trinajstić information content (AvgIpc) is 1.80. The molecule has 0 unspecified atom stereocenters. The lowest BCUT2D eigenvalue weighted by Gasteiger charge is -2.24.